The second kappa shape index (κ2) is 11.5. The highest BCUT2D eigenvalue weighted by molar-refractivity contribution is 6.10. The fourth-order valence-corrected chi connectivity index (χ4v) is 5.46. The molecule has 0 fully saturated rings. The van der Waals surface area contributed by atoms with Crippen LogP contribution in [-0.2, 0) is 24.1 Å². The van der Waals surface area contributed by atoms with Gasteiger partial charge in [0.1, 0.15) is 17.4 Å². The van der Waals surface area contributed by atoms with E-state index in [1.807, 2.05) is 25.1 Å². The van der Waals surface area contributed by atoms with E-state index in [9.17, 15) is 22.8 Å². The van der Waals surface area contributed by atoms with Crippen LogP contribution in [0.2, 0.25) is 0 Å². The number of ketones is 2. The van der Waals surface area contributed by atoms with E-state index in [0.717, 1.165) is 28.7 Å². The van der Waals surface area contributed by atoms with Gasteiger partial charge in [0.25, 0.3) is 0 Å². The predicted molar refractivity (Wildman–Crippen MR) is 139 cm³/mol. The second-order valence-corrected chi connectivity index (χ2v) is 9.80. The first-order valence-corrected chi connectivity index (χ1v) is 12.9. The Kier molecular flexibility index (Phi) is 8.29. The summed E-state index contributed by atoms with van der Waals surface area (Å²) < 4.78 is 57.5. The summed E-state index contributed by atoms with van der Waals surface area (Å²) >= 11 is 0. The molecule has 0 N–H and O–H groups in total. The number of hydrogen-bond acceptors (Lipinski definition) is 2. The monoisotopic (exact) mass is 522 g/mol. The number of halogens is 4. The average Bonchev–Trinajstić information content (AvgIpc) is 3.35. The van der Waals surface area contributed by atoms with E-state index in [1.54, 1.807) is 18.2 Å². The van der Waals surface area contributed by atoms with E-state index >= 15 is 4.39 Å². The minimum Gasteiger partial charge on any atom is -0.300 e. The topological polar surface area (TPSA) is 34.1 Å². The van der Waals surface area contributed by atoms with Gasteiger partial charge in [-0.15, -0.1) is 0 Å². The van der Waals surface area contributed by atoms with Crippen LogP contribution in [-0.4, -0.2) is 11.6 Å². The first kappa shape index (κ1) is 27.5. The molecule has 0 heterocycles. The Balaban J connectivity index is 1.87. The molecule has 0 aliphatic heterocycles. The number of carbonyl (C=O) groups excluding carboxylic acids is 2. The molecule has 0 spiro atoms. The van der Waals surface area contributed by atoms with Crippen molar-refractivity contribution in [1.82, 2.24) is 0 Å². The molecule has 0 saturated heterocycles. The highest BCUT2D eigenvalue weighted by Gasteiger charge is 2.36. The zero-order valence-corrected chi connectivity index (χ0v) is 21.7. The van der Waals surface area contributed by atoms with Crippen LogP contribution in [0.15, 0.2) is 60.2 Å². The van der Waals surface area contributed by atoms with E-state index in [0.29, 0.717) is 25.3 Å². The van der Waals surface area contributed by atoms with Crippen LogP contribution in [0.5, 0.6) is 0 Å². The lowest BCUT2D eigenvalue weighted by molar-refractivity contribution is -0.116. The van der Waals surface area contributed by atoms with Crippen LogP contribution in [0.4, 0.5) is 17.6 Å². The Bertz CT molecular complexity index is 1410. The molecule has 2 nitrogen and oxygen atoms in total. The van der Waals surface area contributed by atoms with E-state index in [-0.39, 0.29) is 29.5 Å². The molecule has 3 aromatic carbocycles. The third kappa shape index (κ3) is 5.35. The normalized spacial score (nSPS) is 17.0. The summed E-state index contributed by atoms with van der Waals surface area (Å²) in [6.45, 7) is 5.03. The van der Waals surface area contributed by atoms with Crippen LogP contribution in [0.1, 0.15) is 83.6 Å². The van der Waals surface area contributed by atoms with Crippen molar-refractivity contribution in [1.29, 1.82) is 0 Å². The van der Waals surface area contributed by atoms with E-state index in [4.69, 9.17) is 0 Å². The Hall–Kier alpha value is -3.54. The van der Waals surface area contributed by atoms with Crippen molar-refractivity contribution >= 4 is 11.6 Å². The number of allylic oxidation sites excluding steroid dienone is 2. The molecular formula is C32H30F4O2. The molecule has 6 heteroatoms. The van der Waals surface area contributed by atoms with Crippen molar-refractivity contribution in [2.75, 3.05) is 0 Å². The number of aryl methyl sites for hydroxylation is 1. The molecule has 0 amide bonds. The maximum atomic E-state index is 15.3. The first-order valence-electron chi connectivity index (χ1n) is 12.9. The summed E-state index contributed by atoms with van der Waals surface area (Å²) in [6, 6.07) is 12.4. The Morgan fingerprint density at radius 1 is 0.895 bits per heavy atom. The van der Waals surface area contributed by atoms with Crippen LogP contribution in [0, 0.1) is 23.3 Å². The summed E-state index contributed by atoms with van der Waals surface area (Å²) in [6.07, 6.45) is 3.64. The van der Waals surface area contributed by atoms with Crippen LogP contribution < -0.4 is 0 Å². The molecule has 198 valence electrons. The molecule has 0 radical (unpaired) electrons. The van der Waals surface area contributed by atoms with Crippen molar-refractivity contribution in [3.63, 3.8) is 0 Å². The van der Waals surface area contributed by atoms with Gasteiger partial charge in [0.2, 0.25) is 0 Å². The van der Waals surface area contributed by atoms with Crippen molar-refractivity contribution in [2.24, 2.45) is 0 Å². The zero-order valence-electron chi connectivity index (χ0n) is 21.7. The van der Waals surface area contributed by atoms with Crippen molar-refractivity contribution < 1.29 is 27.2 Å². The highest BCUT2D eigenvalue weighted by Crippen LogP contribution is 2.46. The highest BCUT2D eigenvalue weighted by atomic mass is 19.2. The number of benzene rings is 3. The van der Waals surface area contributed by atoms with Gasteiger partial charge in [-0.25, -0.2) is 17.6 Å². The average molecular weight is 523 g/mol. The number of carbonyl (C=O) groups is 2. The molecule has 0 saturated carbocycles. The molecular weight excluding hydrogens is 492 g/mol. The molecule has 2 atom stereocenters. The van der Waals surface area contributed by atoms with Crippen molar-refractivity contribution in [3.05, 3.63) is 117 Å². The lowest BCUT2D eigenvalue weighted by atomic mass is 9.81. The molecule has 1 aliphatic carbocycles. The lowest BCUT2D eigenvalue weighted by Gasteiger charge is -2.22. The Morgan fingerprint density at radius 2 is 1.61 bits per heavy atom. The molecule has 0 bridgehead atoms. The van der Waals surface area contributed by atoms with Crippen LogP contribution in [0.25, 0.3) is 0 Å². The van der Waals surface area contributed by atoms with Gasteiger partial charge >= 0.3 is 0 Å². The smallest absolute Gasteiger partial charge is 0.192 e. The number of Topliss-reactive ketones (excluding diaryl/α,β-unsaturated/α-hetero) is 2. The molecule has 38 heavy (non-hydrogen) atoms. The SMILES string of the molecule is CCc1cccc(C2CC(c3ccc(F)cc3)C=C2C(=O)c2cc(F)c(F)c(CC)c2F)c1CCC(C)=O. The van der Waals surface area contributed by atoms with E-state index in [2.05, 4.69) is 0 Å². The number of rotatable bonds is 9. The largest absolute Gasteiger partial charge is 0.300 e. The lowest BCUT2D eigenvalue weighted by Crippen LogP contribution is -2.15. The van der Waals surface area contributed by atoms with Gasteiger partial charge in [-0.1, -0.05) is 50.3 Å². The summed E-state index contributed by atoms with van der Waals surface area (Å²) in [7, 11) is 0. The zero-order chi connectivity index (χ0) is 27.6. The fraction of sp³-hybridized carbons (Fsp3) is 0.312. The maximum absolute atomic E-state index is 15.3. The molecule has 3 aromatic rings. The minimum absolute atomic E-state index is 0.0419. The summed E-state index contributed by atoms with van der Waals surface area (Å²) in [5, 5.41) is 0. The van der Waals surface area contributed by atoms with Gasteiger partial charge in [0.15, 0.2) is 17.4 Å². The number of hydrogen-bond donors (Lipinski definition) is 0. The van der Waals surface area contributed by atoms with Gasteiger partial charge in [0.05, 0.1) is 5.56 Å². The first-order chi connectivity index (χ1) is 18.2. The summed E-state index contributed by atoms with van der Waals surface area (Å²) in [4.78, 5) is 25.7. The third-order valence-corrected chi connectivity index (χ3v) is 7.44. The molecule has 0 aromatic heterocycles. The quantitative estimate of drug-likeness (QED) is 0.162. The molecule has 4 rings (SSSR count). The van der Waals surface area contributed by atoms with E-state index in [1.165, 1.54) is 26.0 Å². The Labute approximate surface area is 220 Å². The standard InChI is InChI=1S/C32H30F4O2/c1-4-19-7-6-8-25(24(19)14-9-18(3)37)26-15-21(20-10-12-22(33)13-11-20)16-27(26)32(38)28-17-29(34)31(36)23(5-2)30(28)35/h6-8,10-13,16-17,21,26H,4-5,9,14-15H2,1-3H3. The van der Waals surface area contributed by atoms with Gasteiger partial charge in [-0.2, -0.15) is 0 Å². The minimum atomic E-state index is -1.29. The third-order valence-electron chi connectivity index (χ3n) is 7.44. The van der Waals surface area contributed by atoms with Gasteiger partial charge in [-0.3, -0.25) is 4.79 Å². The van der Waals surface area contributed by atoms with Crippen LogP contribution >= 0.6 is 0 Å². The van der Waals surface area contributed by atoms with Crippen molar-refractivity contribution in [3.8, 4) is 0 Å². The van der Waals surface area contributed by atoms with Gasteiger partial charge in [-0.05, 0) is 73.1 Å². The fourth-order valence-electron chi connectivity index (χ4n) is 5.46. The van der Waals surface area contributed by atoms with Crippen LogP contribution in [0.3, 0.4) is 0 Å². The Morgan fingerprint density at radius 3 is 2.24 bits per heavy atom. The van der Waals surface area contributed by atoms with E-state index < -0.39 is 40.3 Å². The van der Waals surface area contributed by atoms with Gasteiger partial charge < -0.3 is 4.79 Å². The maximum Gasteiger partial charge on any atom is 0.192 e. The summed E-state index contributed by atoms with van der Waals surface area (Å²) in [5.41, 5.74) is 2.97. The predicted octanol–water partition coefficient (Wildman–Crippen LogP) is 7.97. The second-order valence-electron chi connectivity index (χ2n) is 9.80. The van der Waals surface area contributed by atoms with Crippen molar-refractivity contribution in [2.45, 2.75) is 64.7 Å². The molecule has 2 unspecified atom stereocenters. The molecule has 1 aliphatic rings. The van der Waals surface area contributed by atoms with Gasteiger partial charge in [0, 0.05) is 29.4 Å². The summed E-state index contributed by atoms with van der Waals surface area (Å²) in [5.74, 6) is -5.41.